The highest BCUT2D eigenvalue weighted by Gasteiger charge is 2.24. The summed E-state index contributed by atoms with van der Waals surface area (Å²) in [5.74, 6) is -0.161. The lowest BCUT2D eigenvalue weighted by Gasteiger charge is -2.30. The van der Waals surface area contributed by atoms with E-state index in [0.717, 1.165) is 38.5 Å². The molecule has 0 aromatic heterocycles. The Morgan fingerprint density at radius 1 is 0.493 bits per heavy atom. The number of amides is 1. The number of carbonyl (C=O) groups is 1. The first-order valence-corrected chi connectivity index (χ1v) is 32.0. The van der Waals surface area contributed by atoms with Crippen molar-refractivity contribution in [2.75, 3.05) is 40.9 Å². The maximum atomic E-state index is 12.9. The van der Waals surface area contributed by atoms with E-state index in [-0.39, 0.29) is 19.1 Å². The number of phosphoric acid groups is 1. The molecule has 0 saturated carbocycles. The molecular formula is C60H121N2O6P. The van der Waals surface area contributed by atoms with E-state index in [2.05, 4.69) is 31.3 Å². The van der Waals surface area contributed by atoms with Gasteiger partial charge in [-0.2, -0.15) is 0 Å². The molecule has 0 spiro atoms. The van der Waals surface area contributed by atoms with Crippen molar-refractivity contribution in [2.24, 2.45) is 0 Å². The van der Waals surface area contributed by atoms with Gasteiger partial charge in [0.15, 0.2) is 0 Å². The third-order valence-corrected chi connectivity index (χ3v) is 15.2. The number of aliphatic hydroxyl groups excluding tert-OH is 1. The Balaban J connectivity index is 3.81. The summed E-state index contributed by atoms with van der Waals surface area (Å²) in [6, 6.07) is -0.795. The molecule has 8 nitrogen and oxygen atoms in total. The molecule has 0 saturated heterocycles. The van der Waals surface area contributed by atoms with Crippen LogP contribution in [0.25, 0.3) is 0 Å². The molecule has 0 aromatic rings. The molecule has 0 aromatic carbocycles. The van der Waals surface area contributed by atoms with E-state index in [1.54, 1.807) is 0 Å². The van der Waals surface area contributed by atoms with E-state index in [1.165, 1.54) is 250 Å². The molecule has 412 valence electrons. The largest absolute Gasteiger partial charge is 0.756 e. The van der Waals surface area contributed by atoms with Crippen molar-refractivity contribution in [3.63, 3.8) is 0 Å². The predicted molar refractivity (Wildman–Crippen MR) is 298 cm³/mol. The van der Waals surface area contributed by atoms with Crippen LogP contribution in [0.5, 0.6) is 0 Å². The Hall–Kier alpha value is -0.760. The molecule has 0 bridgehead atoms. The first-order valence-electron chi connectivity index (χ1n) is 30.5. The minimum atomic E-state index is -4.56. The van der Waals surface area contributed by atoms with Gasteiger partial charge in [0.05, 0.1) is 39.9 Å². The molecule has 2 N–H and O–H groups in total. The van der Waals surface area contributed by atoms with Crippen molar-refractivity contribution in [2.45, 2.75) is 328 Å². The fraction of sp³-hybridized carbons (Fsp3) is 0.950. The number of rotatable bonds is 57. The molecule has 0 radical (unpaired) electrons. The van der Waals surface area contributed by atoms with Crippen LogP contribution in [0.15, 0.2) is 12.2 Å². The minimum Gasteiger partial charge on any atom is -0.756 e. The summed E-state index contributed by atoms with van der Waals surface area (Å²) in [6.07, 6.45) is 64.4. The fourth-order valence-corrected chi connectivity index (χ4v) is 10.2. The van der Waals surface area contributed by atoms with Crippen molar-refractivity contribution in [3.05, 3.63) is 12.2 Å². The number of likely N-dealkylation sites (N-methyl/N-ethyl adjacent to an activating group) is 1. The van der Waals surface area contributed by atoms with Gasteiger partial charge in [-0.15, -0.1) is 0 Å². The second kappa shape index (κ2) is 52.1. The van der Waals surface area contributed by atoms with E-state index in [9.17, 15) is 19.4 Å². The summed E-state index contributed by atoms with van der Waals surface area (Å²) in [6.45, 7) is 4.74. The van der Waals surface area contributed by atoms with E-state index in [4.69, 9.17) is 9.05 Å². The standard InChI is InChI=1S/C60H121N2O6P/c1-6-8-10-12-14-16-18-19-20-21-22-23-24-25-26-27-28-29-30-31-32-33-34-35-36-37-38-39-40-41-42-43-44-46-48-50-52-54-60(64)61-58(57-68-69(65,66)67-56-55-62(3,4)5)59(63)53-51-49-47-45-17-15-13-11-9-7-2/h29-30,58-59,63H,6-28,31-57H2,1-5H3,(H-,61,64,65,66)/b30-29-. The van der Waals surface area contributed by atoms with Gasteiger partial charge in [-0.3, -0.25) is 9.36 Å². The van der Waals surface area contributed by atoms with Crippen molar-refractivity contribution >= 4 is 13.7 Å². The Labute approximate surface area is 431 Å². The molecular weight excluding hydrogens is 876 g/mol. The van der Waals surface area contributed by atoms with Crippen LogP contribution in [0, 0.1) is 0 Å². The SMILES string of the molecule is CCCCCCCCCCCCCCCCCC/C=C\CCCCCCCCCCCCCCCCCCCC(=O)NC(COP(=O)([O-])OCC[N+](C)(C)C)C(O)CCCCCCCCCCCC. The summed E-state index contributed by atoms with van der Waals surface area (Å²) in [7, 11) is 1.32. The highest BCUT2D eigenvalue weighted by molar-refractivity contribution is 7.45. The van der Waals surface area contributed by atoms with Crippen LogP contribution in [-0.2, 0) is 18.4 Å². The minimum absolute atomic E-state index is 0.0149. The Kier molecular flexibility index (Phi) is 51.5. The zero-order chi connectivity index (χ0) is 50.6. The van der Waals surface area contributed by atoms with Gasteiger partial charge in [0.2, 0.25) is 5.91 Å². The van der Waals surface area contributed by atoms with E-state index in [0.29, 0.717) is 23.9 Å². The maximum absolute atomic E-state index is 12.9. The van der Waals surface area contributed by atoms with Crippen LogP contribution in [0.4, 0.5) is 0 Å². The summed E-state index contributed by atoms with van der Waals surface area (Å²) in [4.78, 5) is 25.4. The third-order valence-electron chi connectivity index (χ3n) is 14.3. The lowest BCUT2D eigenvalue weighted by atomic mass is 10.0. The average Bonchev–Trinajstić information content (AvgIpc) is 3.31. The topological polar surface area (TPSA) is 108 Å². The molecule has 3 atom stereocenters. The van der Waals surface area contributed by atoms with Gasteiger partial charge in [-0.1, -0.05) is 283 Å². The van der Waals surface area contributed by atoms with Crippen LogP contribution < -0.4 is 10.2 Å². The van der Waals surface area contributed by atoms with E-state index < -0.39 is 20.0 Å². The quantitative estimate of drug-likeness (QED) is 0.0272. The number of phosphoric ester groups is 1. The Morgan fingerprint density at radius 3 is 1.13 bits per heavy atom. The monoisotopic (exact) mass is 997 g/mol. The molecule has 0 heterocycles. The number of quaternary nitrogens is 1. The van der Waals surface area contributed by atoms with Crippen LogP contribution in [0.3, 0.4) is 0 Å². The summed E-state index contributed by atoms with van der Waals surface area (Å²) in [5, 5.41) is 13.9. The lowest BCUT2D eigenvalue weighted by Crippen LogP contribution is -2.46. The van der Waals surface area contributed by atoms with Crippen LogP contribution in [-0.4, -0.2) is 68.5 Å². The van der Waals surface area contributed by atoms with Crippen molar-refractivity contribution in [1.29, 1.82) is 0 Å². The number of nitrogens with zero attached hydrogens (tertiary/aromatic N) is 1. The molecule has 0 fully saturated rings. The Morgan fingerprint density at radius 2 is 0.797 bits per heavy atom. The number of carbonyl (C=O) groups excluding carboxylic acids is 1. The molecule has 69 heavy (non-hydrogen) atoms. The van der Waals surface area contributed by atoms with Crippen molar-refractivity contribution in [1.82, 2.24) is 5.32 Å². The second-order valence-electron chi connectivity index (χ2n) is 22.4. The second-order valence-corrected chi connectivity index (χ2v) is 23.8. The molecule has 1 amide bonds. The normalized spacial score (nSPS) is 13.9. The summed E-state index contributed by atoms with van der Waals surface area (Å²) < 4.78 is 23.3. The van der Waals surface area contributed by atoms with Gasteiger partial charge >= 0.3 is 0 Å². The Bertz CT molecular complexity index is 1130. The number of aliphatic hydroxyl groups is 1. The van der Waals surface area contributed by atoms with Crippen molar-refractivity contribution in [3.8, 4) is 0 Å². The van der Waals surface area contributed by atoms with Crippen molar-refractivity contribution < 1.29 is 32.9 Å². The first-order chi connectivity index (χ1) is 33.5. The van der Waals surface area contributed by atoms with Gasteiger partial charge in [-0.05, 0) is 38.5 Å². The van der Waals surface area contributed by atoms with Gasteiger partial charge in [0, 0.05) is 6.42 Å². The third kappa shape index (κ3) is 54.8. The number of unbranched alkanes of at least 4 members (excludes halogenated alkanes) is 42. The maximum Gasteiger partial charge on any atom is 0.268 e. The molecule has 3 unspecified atom stereocenters. The van der Waals surface area contributed by atoms with E-state index in [1.807, 2.05) is 21.1 Å². The first kappa shape index (κ1) is 68.2. The smallest absolute Gasteiger partial charge is 0.268 e. The molecule has 0 aliphatic rings. The average molecular weight is 998 g/mol. The zero-order valence-corrected chi connectivity index (χ0v) is 47.9. The van der Waals surface area contributed by atoms with Gasteiger partial charge < -0.3 is 28.8 Å². The summed E-state index contributed by atoms with van der Waals surface area (Å²) >= 11 is 0. The lowest BCUT2D eigenvalue weighted by molar-refractivity contribution is -0.870. The van der Waals surface area contributed by atoms with Gasteiger partial charge in [0.1, 0.15) is 13.2 Å². The molecule has 0 aliphatic heterocycles. The zero-order valence-electron chi connectivity index (χ0n) is 47.0. The van der Waals surface area contributed by atoms with E-state index >= 15 is 0 Å². The van der Waals surface area contributed by atoms with Crippen LogP contribution in [0.1, 0.15) is 316 Å². The van der Waals surface area contributed by atoms with Gasteiger partial charge in [0.25, 0.3) is 7.82 Å². The number of hydrogen-bond donors (Lipinski definition) is 2. The predicted octanol–water partition coefficient (Wildman–Crippen LogP) is 18.0. The van der Waals surface area contributed by atoms with Gasteiger partial charge in [-0.25, -0.2) is 0 Å². The number of allylic oxidation sites excluding steroid dienone is 2. The van der Waals surface area contributed by atoms with Crippen LogP contribution in [0.2, 0.25) is 0 Å². The molecule has 0 aliphatic carbocycles. The highest BCUT2D eigenvalue weighted by atomic mass is 31.2. The van der Waals surface area contributed by atoms with Crippen LogP contribution >= 0.6 is 7.82 Å². The molecule has 9 heteroatoms. The summed E-state index contributed by atoms with van der Waals surface area (Å²) in [5.41, 5.74) is 0. The number of hydrogen-bond acceptors (Lipinski definition) is 6. The fourth-order valence-electron chi connectivity index (χ4n) is 9.45. The number of nitrogens with one attached hydrogen (secondary N) is 1. The highest BCUT2D eigenvalue weighted by Crippen LogP contribution is 2.38. The molecule has 0 rings (SSSR count).